The third kappa shape index (κ3) is 3.66. The molecule has 2 N–H and O–H groups in total. The maximum atomic E-state index is 12.0. The first-order valence-electron chi connectivity index (χ1n) is 5.57. The Labute approximate surface area is 87.6 Å². The van der Waals surface area contributed by atoms with Crippen LogP contribution in [0.4, 0.5) is 0 Å². The first-order chi connectivity index (χ1) is 6.49. The highest BCUT2D eigenvalue weighted by Crippen LogP contribution is 2.10. The Balaban J connectivity index is 4.41. The van der Waals surface area contributed by atoms with Gasteiger partial charge in [-0.3, -0.25) is 4.79 Å². The quantitative estimate of drug-likeness (QED) is 0.710. The number of amides is 1. The third-order valence-corrected chi connectivity index (χ3v) is 2.50. The normalized spacial score (nSPS) is 14.9. The summed E-state index contributed by atoms with van der Waals surface area (Å²) < 4.78 is 0. The number of carbonyl (C=O) groups is 1. The van der Waals surface area contributed by atoms with Gasteiger partial charge in [-0.1, -0.05) is 20.8 Å². The highest BCUT2D eigenvalue weighted by atomic mass is 16.2. The molecular formula is C11H24N2O. The zero-order valence-electron chi connectivity index (χ0n) is 9.97. The number of nitrogens with zero attached hydrogens (tertiary/aromatic N) is 1. The van der Waals surface area contributed by atoms with Crippen LogP contribution in [0.5, 0.6) is 0 Å². The van der Waals surface area contributed by atoms with Gasteiger partial charge in [0.1, 0.15) is 0 Å². The Morgan fingerprint density at radius 2 is 1.64 bits per heavy atom. The molecule has 3 nitrogen and oxygen atoms in total. The fourth-order valence-electron chi connectivity index (χ4n) is 1.37. The van der Waals surface area contributed by atoms with E-state index in [-0.39, 0.29) is 5.91 Å². The maximum Gasteiger partial charge on any atom is 0.242 e. The first kappa shape index (κ1) is 13.4. The molecule has 0 aromatic carbocycles. The fraction of sp³-hybridized carbons (Fsp3) is 0.909. The molecule has 0 saturated carbocycles. The zero-order chi connectivity index (χ0) is 11.2. The molecule has 1 amide bonds. The predicted molar refractivity (Wildman–Crippen MR) is 60.0 cm³/mol. The summed E-state index contributed by atoms with van der Waals surface area (Å²) in [5.41, 5.74) is 5.24. The van der Waals surface area contributed by atoms with Crippen LogP contribution in [0.3, 0.4) is 0 Å². The molecule has 0 radical (unpaired) electrons. The fourth-order valence-corrected chi connectivity index (χ4v) is 1.37. The molecule has 0 bridgehead atoms. The van der Waals surface area contributed by atoms with Crippen LogP contribution in [0.15, 0.2) is 0 Å². The molecule has 14 heavy (non-hydrogen) atoms. The van der Waals surface area contributed by atoms with E-state index in [0.717, 1.165) is 25.9 Å². The molecule has 1 atom stereocenters. The zero-order valence-corrected chi connectivity index (χ0v) is 9.97. The van der Waals surface area contributed by atoms with Crippen molar-refractivity contribution in [3.05, 3.63) is 0 Å². The molecule has 1 unspecified atom stereocenters. The van der Waals surface area contributed by atoms with Crippen molar-refractivity contribution in [1.29, 1.82) is 0 Å². The molecular weight excluding hydrogens is 176 g/mol. The Bertz CT molecular complexity index is 172. The summed E-state index contributed by atoms with van der Waals surface area (Å²) in [7, 11) is 0. The second-order valence-electron chi connectivity index (χ2n) is 4.06. The molecule has 0 aromatic heterocycles. The van der Waals surface area contributed by atoms with Gasteiger partial charge in [0.2, 0.25) is 5.91 Å². The SMILES string of the molecule is CCCN(CCC)C(=O)C(C)(N)CC. The van der Waals surface area contributed by atoms with Crippen LogP contribution in [0, 0.1) is 0 Å². The molecule has 0 aromatic rings. The summed E-state index contributed by atoms with van der Waals surface area (Å²) in [5, 5.41) is 0. The Hall–Kier alpha value is -0.570. The van der Waals surface area contributed by atoms with Crippen LogP contribution in [0.2, 0.25) is 0 Å². The molecule has 3 heteroatoms. The van der Waals surface area contributed by atoms with Crippen molar-refractivity contribution in [3.8, 4) is 0 Å². The van der Waals surface area contributed by atoms with Gasteiger partial charge in [0.05, 0.1) is 5.54 Å². The van der Waals surface area contributed by atoms with Crippen LogP contribution in [0.25, 0.3) is 0 Å². The van der Waals surface area contributed by atoms with Gasteiger partial charge in [0.15, 0.2) is 0 Å². The molecule has 0 aliphatic heterocycles. The number of carbonyl (C=O) groups excluding carboxylic acids is 1. The Morgan fingerprint density at radius 1 is 1.21 bits per heavy atom. The molecule has 0 heterocycles. The van der Waals surface area contributed by atoms with Crippen molar-refractivity contribution in [1.82, 2.24) is 4.90 Å². The van der Waals surface area contributed by atoms with E-state index in [9.17, 15) is 4.79 Å². The monoisotopic (exact) mass is 200 g/mol. The predicted octanol–water partition coefficient (Wildman–Crippen LogP) is 1.76. The second kappa shape index (κ2) is 6.02. The van der Waals surface area contributed by atoms with E-state index in [1.165, 1.54) is 0 Å². The van der Waals surface area contributed by atoms with E-state index < -0.39 is 5.54 Å². The lowest BCUT2D eigenvalue weighted by molar-refractivity contribution is -0.136. The van der Waals surface area contributed by atoms with Gasteiger partial charge in [-0.15, -0.1) is 0 Å². The summed E-state index contributed by atoms with van der Waals surface area (Å²) in [6.07, 6.45) is 2.67. The summed E-state index contributed by atoms with van der Waals surface area (Å²) in [5.74, 6) is 0.0868. The molecule has 0 fully saturated rings. The summed E-state index contributed by atoms with van der Waals surface area (Å²) in [4.78, 5) is 13.9. The highest BCUT2D eigenvalue weighted by Gasteiger charge is 2.29. The minimum atomic E-state index is -0.690. The Kier molecular flexibility index (Phi) is 5.77. The third-order valence-electron chi connectivity index (χ3n) is 2.50. The average molecular weight is 200 g/mol. The van der Waals surface area contributed by atoms with Crippen molar-refractivity contribution < 1.29 is 4.79 Å². The summed E-state index contributed by atoms with van der Waals surface area (Å²) >= 11 is 0. The lowest BCUT2D eigenvalue weighted by Crippen LogP contribution is -2.53. The van der Waals surface area contributed by atoms with Crippen LogP contribution >= 0.6 is 0 Å². The lowest BCUT2D eigenvalue weighted by atomic mass is 9.98. The first-order valence-corrected chi connectivity index (χ1v) is 5.57. The van der Waals surface area contributed by atoms with Gasteiger partial charge >= 0.3 is 0 Å². The molecule has 0 rings (SSSR count). The van der Waals surface area contributed by atoms with Crippen LogP contribution in [-0.4, -0.2) is 29.4 Å². The van der Waals surface area contributed by atoms with Crippen LogP contribution < -0.4 is 5.73 Å². The number of hydrogen-bond acceptors (Lipinski definition) is 2. The van der Waals surface area contributed by atoms with Crippen LogP contribution in [-0.2, 0) is 4.79 Å². The van der Waals surface area contributed by atoms with E-state index in [1.54, 1.807) is 0 Å². The minimum absolute atomic E-state index is 0.0868. The summed E-state index contributed by atoms with van der Waals surface area (Å²) in [6, 6.07) is 0. The van der Waals surface area contributed by atoms with Gasteiger partial charge in [-0.05, 0) is 26.2 Å². The van der Waals surface area contributed by atoms with E-state index in [1.807, 2.05) is 18.7 Å². The van der Waals surface area contributed by atoms with Crippen molar-refractivity contribution >= 4 is 5.91 Å². The van der Waals surface area contributed by atoms with Gasteiger partial charge in [-0.25, -0.2) is 0 Å². The van der Waals surface area contributed by atoms with Gasteiger partial charge in [0.25, 0.3) is 0 Å². The average Bonchev–Trinajstić information content (AvgIpc) is 2.16. The van der Waals surface area contributed by atoms with E-state index in [2.05, 4.69) is 13.8 Å². The van der Waals surface area contributed by atoms with E-state index in [4.69, 9.17) is 5.73 Å². The lowest BCUT2D eigenvalue weighted by Gasteiger charge is -2.30. The topological polar surface area (TPSA) is 46.3 Å². The number of hydrogen-bond donors (Lipinski definition) is 1. The van der Waals surface area contributed by atoms with E-state index in [0.29, 0.717) is 6.42 Å². The molecule has 84 valence electrons. The Morgan fingerprint density at radius 3 is 1.93 bits per heavy atom. The standard InChI is InChI=1S/C11H24N2O/c1-5-8-13(9-6-2)10(14)11(4,12)7-3/h5-9,12H2,1-4H3. The highest BCUT2D eigenvalue weighted by molar-refractivity contribution is 5.85. The van der Waals surface area contributed by atoms with Crippen molar-refractivity contribution in [2.24, 2.45) is 5.73 Å². The summed E-state index contributed by atoms with van der Waals surface area (Å²) in [6.45, 7) is 9.56. The van der Waals surface area contributed by atoms with Crippen molar-refractivity contribution in [2.45, 2.75) is 52.5 Å². The smallest absolute Gasteiger partial charge is 0.242 e. The van der Waals surface area contributed by atoms with Gasteiger partial charge in [0, 0.05) is 13.1 Å². The number of nitrogens with two attached hydrogens (primary N) is 1. The van der Waals surface area contributed by atoms with Crippen molar-refractivity contribution in [3.63, 3.8) is 0 Å². The van der Waals surface area contributed by atoms with Gasteiger partial charge in [-0.2, -0.15) is 0 Å². The van der Waals surface area contributed by atoms with E-state index >= 15 is 0 Å². The maximum absolute atomic E-state index is 12.0. The molecule has 0 aliphatic carbocycles. The minimum Gasteiger partial charge on any atom is -0.341 e. The van der Waals surface area contributed by atoms with Gasteiger partial charge < -0.3 is 10.6 Å². The number of rotatable bonds is 6. The largest absolute Gasteiger partial charge is 0.341 e. The second-order valence-corrected chi connectivity index (χ2v) is 4.06. The van der Waals surface area contributed by atoms with Crippen molar-refractivity contribution in [2.75, 3.05) is 13.1 Å². The molecule has 0 spiro atoms. The van der Waals surface area contributed by atoms with Crippen LogP contribution in [0.1, 0.15) is 47.0 Å². The molecule has 0 aliphatic rings. The molecule has 0 saturated heterocycles.